The molecule has 1 aromatic heterocycles. The van der Waals surface area contributed by atoms with Gasteiger partial charge in [-0.25, -0.2) is 4.79 Å². The predicted molar refractivity (Wildman–Crippen MR) is 279 cm³/mol. The van der Waals surface area contributed by atoms with Gasteiger partial charge in [-0.3, -0.25) is 14.9 Å². The van der Waals surface area contributed by atoms with E-state index >= 15 is 9.59 Å². The topological polar surface area (TPSA) is 181 Å². The maximum Gasteiger partial charge on any atom is 0.339 e. The molecular weight excluding hydrogens is 961 g/mol. The average Bonchev–Trinajstić information content (AvgIpc) is 4.05. The van der Waals surface area contributed by atoms with Crippen LogP contribution in [0.3, 0.4) is 0 Å². The van der Waals surface area contributed by atoms with E-state index in [0.29, 0.717) is 80.6 Å². The van der Waals surface area contributed by atoms with Crippen LogP contribution in [0.2, 0.25) is 0 Å². The molecule has 3 spiro atoms. The lowest BCUT2D eigenvalue weighted by molar-refractivity contribution is -0.285. The van der Waals surface area contributed by atoms with Crippen LogP contribution in [0.15, 0.2) is 59.4 Å². The summed E-state index contributed by atoms with van der Waals surface area (Å²) in [6.07, 6.45) is 14.7. The average molecular weight is 1050 g/mol. The minimum absolute atomic E-state index is 0.00863. The molecule has 0 amide bonds. The van der Waals surface area contributed by atoms with Crippen LogP contribution < -0.4 is 5.32 Å². The number of nitrogens with zero attached hydrogens (tertiary/aromatic N) is 1. The molecule has 6 saturated carbocycles. The first-order valence-electron chi connectivity index (χ1n) is 30.1. The summed E-state index contributed by atoms with van der Waals surface area (Å²) in [4.78, 5) is 49.1. The normalized spacial score (nSPS) is 49.7. The highest BCUT2D eigenvalue weighted by Gasteiger charge is 2.94. The molecule has 1 aromatic carbocycles. The molecule has 76 heavy (non-hydrogen) atoms. The zero-order valence-corrected chi connectivity index (χ0v) is 45.4. The van der Waals surface area contributed by atoms with Gasteiger partial charge >= 0.3 is 11.9 Å². The van der Waals surface area contributed by atoms with Crippen molar-refractivity contribution in [3.05, 3.63) is 71.8 Å². The number of ether oxygens (including phenoxy) is 4. The van der Waals surface area contributed by atoms with Gasteiger partial charge in [-0.1, -0.05) is 70.0 Å². The molecule has 13 heteroatoms. The second-order valence-corrected chi connectivity index (χ2v) is 28.1. The standard InChI is InChI=1S/C63H84N2O11/c1-35(2)15-21-59(4)51-50(68)52(69)62(41-12-8-11-37(26-41)25-36-9-6-5-7-10-36)49(61(51)33-73-57(71)60(56(61)76-59)22-16-38(30-60)32-66)17-20-58(3)53(74-55(70)54-63(58,62)75-54)42-19-24-72-48(42)29-45-43-27-40-18-23-65-34-64-31-46(65)44(40)28-39(43)13-14-47(45)67/h5-7,9-10,18-19,23-24,35,37-41,43-47,49,51-54,56,64,66-67,69H,8,11-17,20-22,25-34H2,1-4H3/t37-,38-,39-,40-,41+,43+,44-,45+,46+,47-,49-,51-,52-,53+,54-,56+,58+,59+,60+,61-,62+,63-/m1/s1. The number of fused-ring (bicyclic) bond motifs is 6. The van der Waals surface area contributed by atoms with Crippen molar-refractivity contribution in [3.63, 3.8) is 0 Å². The summed E-state index contributed by atoms with van der Waals surface area (Å²) < 4.78 is 35.0. The Balaban J connectivity index is 0.889. The molecule has 4 N–H and O–H groups in total. The number of aliphatic hydroxyl groups is 3. The van der Waals surface area contributed by atoms with Crippen molar-refractivity contribution < 1.29 is 53.1 Å². The van der Waals surface area contributed by atoms with Gasteiger partial charge in [0.25, 0.3) is 0 Å². The number of carbonyl (C=O) groups excluding carboxylic acids is 3. The van der Waals surface area contributed by atoms with Gasteiger partial charge in [0.1, 0.15) is 30.2 Å². The molecule has 2 aromatic rings. The lowest BCUT2D eigenvalue weighted by Crippen LogP contribution is -2.80. The number of esters is 2. The second kappa shape index (κ2) is 18.0. The minimum atomic E-state index is -1.50. The number of hydrogen-bond acceptors (Lipinski definition) is 13. The number of epoxide rings is 1. The Labute approximate surface area is 448 Å². The van der Waals surface area contributed by atoms with Crippen LogP contribution in [0.5, 0.6) is 0 Å². The zero-order chi connectivity index (χ0) is 52.3. The third-order valence-corrected chi connectivity index (χ3v) is 24.4. The van der Waals surface area contributed by atoms with Gasteiger partial charge < -0.3 is 43.6 Å². The highest BCUT2D eigenvalue weighted by molar-refractivity contribution is 5.93. The lowest BCUT2D eigenvalue weighted by atomic mass is 9.32. The van der Waals surface area contributed by atoms with Crippen molar-refractivity contribution in [1.29, 1.82) is 0 Å². The van der Waals surface area contributed by atoms with Gasteiger partial charge in [0, 0.05) is 47.4 Å². The van der Waals surface area contributed by atoms with Crippen molar-refractivity contribution in [2.24, 2.45) is 86.8 Å². The Morgan fingerprint density at radius 2 is 1.72 bits per heavy atom. The Hall–Kier alpha value is -3.59. The number of allylic oxidation sites excluding steroid dienone is 1. The first-order chi connectivity index (χ1) is 36.6. The Bertz CT molecular complexity index is 2640. The molecule has 22 atom stereocenters. The lowest BCUT2D eigenvalue weighted by Gasteiger charge is -2.71. The van der Waals surface area contributed by atoms with Crippen molar-refractivity contribution >= 4 is 17.7 Å². The van der Waals surface area contributed by atoms with Gasteiger partial charge in [0.05, 0.1) is 42.1 Å². The van der Waals surface area contributed by atoms with Crippen LogP contribution in [-0.2, 0) is 46.2 Å². The number of Topliss-reactive ketones (excluding diaryl/α,β-unsaturated/α-hetero) is 1. The Morgan fingerprint density at radius 3 is 2.53 bits per heavy atom. The number of aliphatic hydroxyl groups excluding tert-OH is 3. The molecule has 11 fully saturated rings. The number of furan rings is 1. The summed E-state index contributed by atoms with van der Waals surface area (Å²) in [6, 6.07) is 13.1. The molecule has 6 aliphatic heterocycles. The van der Waals surface area contributed by atoms with Gasteiger partial charge in [-0.05, 0) is 174 Å². The molecule has 12 aliphatic rings. The summed E-state index contributed by atoms with van der Waals surface area (Å²) in [5.74, 6) is 0.544. The van der Waals surface area contributed by atoms with Crippen LogP contribution in [0.1, 0.15) is 147 Å². The monoisotopic (exact) mass is 1040 g/mol. The number of cyclic esters (lactones) is 2. The maximum absolute atomic E-state index is 16.6. The van der Waals surface area contributed by atoms with Crippen molar-refractivity contribution in [3.8, 4) is 0 Å². The number of carbonyl (C=O) groups is 3. The summed E-state index contributed by atoms with van der Waals surface area (Å²) in [6.45, 7) is 10.5. The maximum atomic E-state index is 16.6. The number of rotatable bonds is 10. The van der Waals surface area contributed by atoms with E-state index in [1.54, 1.807) is 6.26 Å². The summed E-state index contributed by atoms with van der Waals surface area (Å²) >= 11 is 0. The Morgan fingerprint density at radius 1 is 0.882 bits per heavy atom. The quantitative estimate of drug-likeness (QED) is 0.132. The predicted octanol–water partition coefficient (Wildman–Crippen LogP) is 8.27. The zero-order valence-electron chi connectivity index (χ0n) is 45.4. The SMILES string of the molecule is CC(C)CC[C@]1(C)O[C@H]2[C@@]3(CC[C@@H](CO)C3)C(=O)OC[C@]23[C@H]2CC[C@@]4(C)[C@H](c5ccoc5C[C@H]5[C@H]6C[C@H]7C=CN8CNC[C@H]8[C@@H]7C[C@H]6CC[C@H]5O)OC(=O)[C@H]5O[C@]54[C@]2([C@H]2CCC[C@H](Cc4ccccc4)C2)[C@H](O)C(=O)[C@@H]31. The van der Waals surface area contributed by atoms with Gasteiger partial charge in [0.15, 0.2) is 11.9 Å². The van der Waals surface area contributed by atoms with E-state index in [1.165, 1.54) is 5.56 Å². The van der Waals surface area contributed by atoms with E-state index in [2.05, 4.69) is 74.5 Å². The van der Waals surface area contributed by atoms with Crippen molar-refractivity contribution in [2.45, 2.75) is 185 Å². The molecule has 7 heterocycles. The number of hydrogen-bond donors (Lipinski definition) is 4. The van der Waals surface area contributed by atoms with Crippen LogP contribution in [0.25, 0.3) is 0 Å². The third-order valence-electron chi connectivity index (χ3n) is 24.4. The van der Waals surface area contributed by atoms with Crippen LogP contribution in [0.4, 0.5) is 0 Å². The molecule has 13 nitrogen and oxygen atoms in total. The van der Waals surface area contributed by atoms with E-state index < -0.39 is 81.2 Å². The highest BCUT2D eigenvalue weighted by atomic mass is 16.7. The van der Waals surface area contributed by atoms with Crippen molar-refractivity contribution in [1.82, 2.24) is 10.2 Å². The van der Waals surface area contributed by atoms with Crippen LogP contribution >= 0.6 is 0 Å². The minimum Gasteiger partial charge on any atom is -0.469 e. The molecule has 5 saturated heterocycles. The second-order valence-electron chi connectivity index (χ2n) is 28.1. The smallest absolute Gasteiger partial charge is 0.339 e. The molecule has 0 radical (unpaired) electrons. The van der Waals surface area contributed by atoms with E-state index in [0.717, 1.165) is 88.7 Å². The number of nitrogens with one attached hydrogen (secondary N) is 1. The van der Waals surface area contributed by atoms with E-state index in [-0.39, 0.29) is 48.6 Å². The summed E-state index contributed by atoms with van der Waals surface area (Å²) in [5.41, 5.74) is -4.62. The van der Waals surface area contributed by atoms with Gasteiger partial charge in [0.2, 0.25) is 0 Å². The van der Waals surface area contributed by atoms with Crippen molar-refractivity contribution in [2.75, 3.05) is 26.4 Å². The third kappa shape index (κ3) is 6.80. The fourth-order valence-electron chi connectivity index (χ4n) is 21.3. The molecular formula is C63H84N2O11. The number of ketones is 1. The first-order valence-corrected chi connectivity index (χ1v) is 30.1. The van der Waals surface area contributed by atoms with Gasteiger partial charge in [-0.2, -0.15) is 0 Å². The molecule has 14 rings (SSSR count). The summed E-state index contributed by atoms with van der Waals surface area (Å²) in [5, 5.41) is 40.4. The molecule has 6 aliphatic carbocycles. The largest absolute Gasteiger partial charge is 0.469 e. The van der Waals surface area contributed by atoms with E-state index in [1.807, 2.05) is 12.1 Å². The highest BCUT2D eigenvalue weighted by Crippen LogP contribution is 2.84. The molecule has 0 unspecified atom stereocenters. The van der Waals surface area contributed by atoms with E-state index in [9.17, 15) is 20.1 Å². The number of benzene rings is 1. The fourth-order valence-corrected chi connectivity index (χ4v) is 21.3. The first kappa shape index (κ1) is 50.6. The molecule has 412 valence electrons. The van der Waals surface area contributed by atoms with Gasteiger partial charge in [-0.15, -0.1) is 0 Å². The van der Waals surface area contributed by atoms with Crippen LogP contribution in [-0.4, -0.2) is 106 Å². The van der Waals surface area contributed by atoms with Crippen LogP contribution in [0, 0.1) is 86.8 Å². The van der Waals surface area contributed by atoms with E-state index in [4.69, 9.17) is 23.4 Å². The fraction of sp³-hybridized carbons (Fsp3) is 0.762. The molecule has 0 bridgehead atoms. The summed E-state index contributed by atoms with van der Waals surface area (Å²) in [7, 11) is 0. The Kier molecular flexibility index (Phi) is 12.0.